The van der Waals surface area contributed by atoms with Crippen molar-refractivity contribution in [2.45, 2.75) is 44.2 Å². The first kappa shape index (κ1) is 19.5. The third-order valence-electron chi connectivity index (χ3n) is 4.09. The first-order valence-electron chi connectivity index (χ1n) is 7.66. The van der Waals surface area contributed by atoms with Gasteiger partial charge in [-0.1, -0.05) is 19.9 Å². The van der Waals surface area contributed by atoms with E-state index in [0.717, 1.165) is 0 Å². The quantitative estimate of drug-likeness (QED) is 0.569. The maximum absolute atomic E-state index is 6.21. The summed E-state index contributed by atoms with van der Waals surface area (Å²) in [7, 11) is 6.70. The average Bonchev–Trinajstić information content (AvgIpc) is 2.77. The van der Waals surface area contributed by atoms with Crippen molar-refractivity contribution in [1.29, 1.82) is 0 Å². The van der Waals surface area contributed by atoms with E-state index in [1.165, 1.54) is 0 Å². The molecular formula is C16H31NO5. The van der Waals surface area contributed by atoms with E-state index in [0.29, 0.717) is 19.1 Å². The van der Waals surface area contributed by atoms with E-state index >= 15 is 0 Å². The van der Waals surface area contributed by atoms with Crippen molar-refractivity contribution < 1.29 is 23.8 Å². The number of nitrogens with zero attached hydrogens (tertiary/aromatic N) is 1. The maximum Gasteiger partial charge on any atom is 0.105 e. The lowest BCUT2D eigenvalue weighted by molar-refractivity contribution is -0.243. The van der Waals surface area contributed by atoms with Gasteiger partial charge in [-0.2, -0.15) is 5.06 Å². The van der Waals surface area contributed by atoms with E-state index in [4.69, 9.17) is 23.8 Å². The number of methoxy groups -OCH3 is 4. The van der Waals surface area contributed by atoms with Crippen LogP contribution in [0.5, 0.6) is 0 Å². The Morgan fingerprint density at radius 2 is 1.41 bits per heavy atom. The Morgan fingerprint density at radius 1 is 0.955 bits per heavy atom. The largest absolute Gasteiger partial charge is 0.383 e. The zero-order valence-corrected chi connectivity index (χ0v) is 14.7. The van der Waals surface area contributed by atoms with Crippen LogP contribution in [0.2, 0.25) is 0 Å². The summed E-state index contributed by atoms with van der Waals surface area (Å²) in [5.41, 5.74) is 0. The fraction of sp³-hybridized carbons (Fsp3) is 0.875. The van der Waals surface area contributed by atoms with Crippen LogP contribution in [0.1, 0.15) is 13.8 Å². The van der Waals surface area contributed by atoms with Gasteiger partial charge in [-0.3, -0.25) is 4.84 Å². The molecule has 1 fully saturated rings. The summed E-state index contributed by atoms with van der Waals surface area (Å²) >= 11 is 0. The Balaban J connectivity index is 3.04. The number of hydroxylamine groups is 2. The number of hydrogen-bond acceptors (Lipinski definition) is 6. The molecule has 1 aliphatic heterocycles. The van der Waals surface area contributed by atoms with E-state index in [9.17, 15) is 0 Å². The van der Waals surface area contributed by atoms with Crippen LogP contribution in [-0.2, 0) is 23.8 Å². The fourth-order valence-electron chi connectivity index (χ4n) is 2.97. The van der Waals surface area contributed by atoms with Crippen LogP contribution < -0.4 is 0 Å². The van der Waals surface area contributed by atoms with Crippen LogP contribution in [0.3, 0.4) is 0 Å². The van der Waals surface area contributed by atoms with Gasteiger partial charge < -0.3 is 18.9 Å². The van der Waals surface area contributed by atoms with E-state index in [1.54, 1.807) is 28.4 Å². The lowest BCUT2D eigenvalue weighted by atomic mass is 10.1. The van der Waals surface area contributed by atoms with Crippen molar-refractivity contribution in [1.82, 2.24) is 5.06 Å². The predicted octanol–water partition coefficient (Wildman–Crippen LogP) is 1.50. The number of rotatable bonds is 10. The van der Waals surface area contributed by atoms with E-state index < -0.39 is 0 Å². The standard InChI is InChI=1S/C16H31NO5/c1-8-14(11(2)3)22-17-12(9-18-4)15(20-6)16(21-7)13(17)10-19-5/h8,11-16H,1,9-10H2,2-7H3/t12-,13-,14?,15+,16+/m0/s1. The zero-order chi connectivity index (χ0) is 16.7. The Kier molecular flexibility index (Phi) is 8.53. The third-order valence-corrected chi connectivity index (χ3v) is 4.09. The Bertz CT molecular complexity index is 306. The molecule has 0 aromatic heterocycles. The van der Waals surface area contributed by atoms with Crippen LogP contribution in [0, 0.1) is 5.92 Å². The summed E-state index contributed by atoms with van der Waals surface area (Å²) in [5, 5.41) is 1.92. The molecule has 1 saturated heterocycles. The highest BCUT2D eigenvalue weighted by atomic mass is 16.7. The molecular weight excluding hydrogens is 286 g/mol. The lowest BCUT2D eigenvalue weighted by Gasteiger charge is -2.33. The molecule has 0 aliphatic carbocycles. The molecule has 1 aliphatic rings. The Labute approximate surface area is 134 Å². The van der Waals surface area contributed by atoms with Crippen LogP contribution in [0.15, 0.2) is 12.7 Å². The molecule has 0 bridgehead atoms. The Morgan fingerprint density at radius 3 is 1.68 bits per heavy atom. The zero-order valence-electron chi connectivity index (χ0n) is 14.7. The van der Waals surface area contributed by atoms with Gasteiger partial charge in [0, 0.05) is 28.4 Å². The second-order valence-electron chi connectivity index (χ2n) is 5.86. The average molecular weight is 317 g/mol. The van der Waals surface area contributed by atoms with Gasteiger partial charge in [0.2, 0.25) is 0 Å². The first-order chi connectivity index (χ1) is 10.5. The highest BCUT2D eigenvalue weighted by molar-refractivity contribution is 5.00. The molecule has 0 spiro atoms. The molecule has 0 N–H and O–H groups in total. The molecule has 0 amide bonds. The summed E-state index contributed by atoms with van der Waals surface area (Å²) in [5.74, 6) is 0.312. The molecule has 22 heavy (non-hydrogen) atoms. The molecule has 6 nitrogen and oxygen atoms in total. The van der Waals surface area contributed by atoms with Crippen LogP contribution in [0.25, 0.3) is 0 Å². The van der Waals surface area contributed by atoms with Gasteiger partial charge in [-0.25, -0.2) is 0 Å². The molecule has 0 radical (unpaired) electrons. The van der Waals surface area contributed by atoms with Crippen molar-refractivity contribution in [3.63, 3.8) is 0 Å². The number of ether oxygens (including phenoxy) is 4. The minimum atomic E-state index is -0.150. The summed E-state index contributed by atoms with van der Waals surface area (Å²) < 4.78 is 22.0. The smallest absolute Gasteiger partial charge is 0.105 e. The Hall–Kier alpha value is -0.500. The fourth-order valence-corrected chi connectivity index (χ4v) is 2.97. The van der Waals surface area contributed by atoms with Crippen LogP contribution in [0.4, 0.5) is 0 Å². The number of hydrogen-bond donors (Lipinski definition) is 0. The second-order valence-corrected chi connectivity index (χ2v) is 5.86. The topological polar surface area (TPSA) is 49.4 Å². The highest BCUT2D eigenvalue weighted by Crippen LogP contribution is 2.31. The minimum absolute atomic E-state index is 0.0682. The highest BCUT2D eigenvalue weighted by Gasteiger charge is 2.51. The van der Waals surface area contributed by atoms with Crippen molar-refractivity contribution in [3.05, 3.63) is 12.7 Å². The molecule has 0 aromatic carbocycles. The molecule has 130 valence electrons. The van der Waals surface area contributed by atoms with Gasteiger partial charge in [-0.05, 0) is 5.92 Å². The van der Waals surface area contributed by atoms with E-state index in [2.05, 4.69) is 20.4 Å². The summed E-state index contributed by atoms with van der Waals surface area (Å²) in [4.78, 5) is 6.21. The van der Waals surface area contributed by atoms with Gasteiger partial charge in [0.15, 0.2) is 0 Å². The van der Waals surface area contributed by atoms with Crippen molar-refractivity contribution in [2.24, 2.45) is 5.92 Å². The van der Waals surface area contributed by atoms with Crippen LogP contribution >= 0.6 is 0 Å². The second kappa shape index (κ2) is 9.60. The maximum atomic E-state index is 6.21. The summed E-state index contributed by atoms with van der Waals surface area (Å²) in [6.45, 7) is 9.04. The molecule has 1 unspecified atom stereocenters. The van der Waals surface area contributed by atoms with Gasteiger partial charge >= 0.3 is 0 Å². The molecule has 6 heteroatoms. The first-order valence-corrected chi connectivity index (χ1v) is 7.66. The summed E-state index contributed by atoms with van der Waals surface area (Å²) in [6, 6.07) is -0.136. The SMILES string of the molecule is C=CC(ON1[C@@H](COC)[C@@H](OC)[C@H](OC)[C@@H]1COC)C(C)C. The predicted molar refractivity (Wildman–Crippen MR) is 84.7 cm³/mol. The molecule has 1 rings (SSSR count). The monoisotopic (exact) mass is 317 g/mol. The summed E-state index contributed by atoms with van der Waals surface area (Å²) in [6.07, 6.45) is 1.43. The van der Waals surface area contributed by atoms with Crippen molar-refractivity contribution in [3.8, 4) is 0 Å². The third kappa shape index (κ3) is 4.28. The van der Waals surface area contributed by atoms with Gasteiger partial charge in [0.1, 0.15) is 12.2 Å². The van der Waals surface area contributed by atoms with E-state index in [-0.39, 0.29) is 30.4 Å². The molecule has 0 saturated carbocycles. The molecule has 5 atom stereocenters. The van der Waals surface area contributed by atoms with E-state index in [1.807, 2.05) is 11.1 Å². The molecule has 0 aromatic rings. The lowest BCUT2D eigenvalue weighted by Crippen LogP contribution is -2.46. The van der Waals surface area contributed by atoms with Gasteiger partial charge in [-0.15, -0.1) is 6.58 Å². The van der Waals surface area contributed by atoms with Gasteiger partial charge in [0.25, 0.3) is 0 Å². The van der Waals surface area contributed by atoms with Crippen molar-refractivity contribution in [2.75, 3.05) is 41.7 Å². The van der Waals surface area contributed by atoms with Crippen molar-refractivity contribution >= 4 is 0 Å². The molecule has 1 heterocycles. The minimum Gasteiger partial charge on any atom is -0.383 e. The van der Waals surface area contributed by atoms with Gasteiger partial charge in [0.05, 0.1) is 31.4 Å². The normalized spacial score (nSPS) is 30.9. The van der Waals surface area contributed by atoms with Crippen LogP contribution in [-0.4, -0.2) is 77.1 Å².